The Morgan fingerprint density at radius 2 is 1.26 bits per heavy atom. The van der Waals surface area contributed by atoms with Gasteiger partial charge in [0, 0.05) is 12.0 Å². The molecule has 0 aromatic heterocycles. The Kier molecular flexibility index (Phi) is 18.6. The van der Waals surface area contributed by atoms with Crippen molar-refractivity contribution < 1.29 is 44.6 Å². The minimum Gasteiger partial charge on any atom is -0.508 e. The summed E-state index contributed by atoms with van der Waals surface area (Å²) >= 11 is 0. The van der Waals surface area contributed by atoms with Crippen LogP contribution in [0.4, 0.5) is 0 Å². The average molecular weight is 843 g/mol. The molecule has 2 unspecified atom stereocenters. The number of rotatable bonds is 11. The maximum atomic E-state index is 13.2. The molecule has 2 aromatic carbocycles. The van der Waals surface area contributed by atoms with Gasteiger partial charge in [-0.05, 0) is 151 Å². The number of carbonyl (C=O) groups excluding carboxylic acids is 2. The van der Waals surface area contributed by atoms with Gasteiger partial charge in [0.25, 0.3) is 0 Å². The third-order valence-corrected chi connectivity index (χ3v) is 12.6. The van der Waals surface area contributed by atoms with E-state index in [1.807, 2.05) is 40.7 Å². The number of esters is 2. The molecule has 2 aromatic rings. The number of benzene rings is 2. The van der Waals surface area contributed by atoms with Crippen molar-refractivity contribution in [3.63, 3.8) is 0 Å². The molecule has 6 rings (SSSR count). The quantitative estimate of drug-likeness (QED) is 0.110. The number of phenolic OH excluding ortho intramolecular Hbond substituents is 4. The van der Waals surface area contributed by atoms with Crippen LogP contribution in [-0.2, 0) is 22.3 Å². The summed E-state index contributed by atoms with van der Waals surface area (Å²) in [7, 11) is 0. The van der Waals surface area contributed by atoms with Gasteiger partial charge in [-0.3, -0.25) is 0 Å². The first-order chi connectivity index (χ1) is 29.0. The zero-order valence-corrected chi connectivity index (χ0v) is 37.9. The highest BCUT2D eigenvalue weighted by Gasteiger charge is 2.32. The Hall–Kier alpha value is -4.50. The van der Waals surface area contributed by atoms with E-state index in [1.165, 1.54) is 30.5 Å². The third kappa shape index (κ3) is 14.0. The molecule has 9 nitrogen and oxygen atoms in total. The van der Waals surface area contributed by atoms with E-state index < -0.39 is 17.5 Å². The molecule has 0 spiro atoms. The van der Waals surface area contributed by atoms with Crippen LogP contribution in [0.1, 0.15) is 182 Å². The predicted molar refractivity (Wildman–Crippen MR) is 244 cm³/mol. The minimum atomic E-state index is -0.577. The number of allylic oxidation sites excluding steroid dienone is 5. The normalized spacial score (nSPS) is 23.0. The molecule has 5 N–H and O–H groups in total. The van der Waals surface area contributed by atoms with Gasteiger partial charge in [-0.25, -0.2) is 9.59 Å². The smallest absolute Gasteiger partial charge is 0.342 e. The summed E-state index contributed by atoms with van der Waals surface area (Å²) in [6.07, 6.45) is 22.8. The number of aryl methyl sites for hydroxylation is 2. The Bertz CT molecular complexity index is 1890. The molecule has 2 saturated carbocycles. The van der Waals surface area contributed by atoms with E-state index in [1.54, 1.807) is 6.07 Å². The second-order valence-electron chi connectivity index (χ2n) is 18.3. The Morgan fingerprint density at radius 3 is 1.75 bits per heavy atom. The zero-order valence-electron chi connectivity index (χ0n) is 37.9. The summed E-state index contributed by atoms with van der Waals surface area (Å²) in [6.45, 7) is 20.0. The van der Waals surface area contributed by atoms with Crippen LogP contribution in [0.5, 0.6) is 23.0 Å². The van der Waals surface area contributed by atoms with Crippen molar-refractivity contribution in [3.05, 3.63) is 88.5 Å². The van der Waals surface area contributed by atoms with E-state index in [0.717, 1.165) is 101 Å². The van der Waals surface area contributed by atoms with Gasteiger partial charge in [-0.15, -0.1) is 0 Å². The van der Waals surface area contributed by atoms with Gasteiger partial charge in [0.15, 0.2) is 0 Å². The molecule has 4 atom stereocenters. The number of phenols is 4. The summed E-state index contributed by atoms with van der Waals surface area (Å²) in [4.78, 5) is 25.4. The van der Waals surface area contributed by atoms with E-state index in [9.17, 15) is 35.1 Å². The average Bonchev–Trinajstić information content (AvgIpc) is 3.19. The molecule has 9 heteroatoms. The standard InChI is InChI=1S/C26H36O4.C16H22O4.C10H16O/c1-5-9-18-15-22(27)24(21-14-17(4)12-13-20(21)16(2)3)25(28)23(18)26(29)30-19-10-7-6-8-11-19;1-2-6-11-9-12(17)10-14(18)15(11)16(19)20-13-7-4-3-5-8-13;1-8(2)9-4-6-10(3,11)7-5-9/h14-15,17,19-20,27-28H,2,5-13H2,1,3-4H3;9-10,13,17-18H,2-8H2,1H3;4,6,9,11H,1,5,7H2,2-3H3/t17?,20-;;9-,10?/m0.0/s1. The molecular formula is C52H74O9. The molecule has 61 heavy (non-hydrogen) atoms. The second kappa shape index (κ2) is 23.1. The molecule has 0 radical (unpaired) electrons. The molecule has 4 aliphatic carbocycles. The van der Waals surface area contributed by atoms with E-state index in [2.05, 4.69) is 32.2 Å². The first kappa shape index (κ1) is 49.2. The Morgan fingerprint density at radius 1 is 0.721 bits per heavy atom. The molecule has 0 aliphatic heterocycles. The molecule has 4 aliphatic rings. The van der Waals surface area contributed by atoms with Gasteiger partial charge in [0.1, 0.15) is 46.3 Å². The van der Waals surface area contributed by atoms with Gasteiger partial charge in [-0.2, -0.15) is 0 Å². The fraction of sp³-hybridized carbons (Fsp3) is 0.577. The van der Waals surface area contributed by atoms with Crippen molar-refractivity contribution >= 4 is 17.5 Å². The van der Waals surface area contributed by atoms with Crippen molar-refractivity contribution in [2.45, 2.75) is 175 Å². The summed E-state index contributed by atoms with van der Waals surface area (Å²) in [6, 6.07) is 4.36. The lowest BCUT2D eigenvalue weighted by atomic mass is 9.76. The van der Waals surface area contributed by atoms with Crippen LogP contribution in [0.15, 0.2) is 60.7 Å². The van der Waals surface area contributed by atoms with Crippen molar-refractivity contribution in [3.8, 4) is 23.0 Å². The van der Waals surface area contributed by atoms with Crippen molar-refractivity contribution in [1.82, 2.24) is 0 Å². The van der Waals surface area contributed by atoms with Gasteiger partial charge >= 0.3 is 11.9 Å². The number of hydrogen-bond donors (Lipinski definition) is 5. The van der Waals surface area contributed by atoms with Crippen LogP contribution in [0.3, 0.4) is 0 Å². The van der Waals surface area contributed by atoms with Gasteiger partial charge in [0.05, 0.1) is 11.2 Å². The maximum absolute atomic E-state index is 13.2. The van der Waals surface area contributed by atoms with Gasteiger partial charge in [-0.1, -0.05) is 89.0 Å². The Labute approximate surface area is 365 Å². The summed E-state index contributed by atoms with van der Waals surface area (Å²) in [5, 5.41) is 51.2. The molecule has 336 valence electrons. The largest absolute Gasteiger partial charge is 0.508 e. The van der Waals surface area contributed by atoms with Crippen LogP contribution >= 0.6 is 0 Å². The van der Waals surface area contributed by atoms with E-state index in [0.29, 0.717) is 41.4 Å². The zero-order chi connectivity index (χ0) is 44.9. The first-order valence-electron chi connectivity index (χ1n) is 22.9. The third-order valence-electron chi connectivity index (χ3n) is 12.6. The number of carbonyl (C=O) groups is 2. The fourth-order valence-corrected chi connectivity index (χ4v) is 9.07. The number of hydrogen-bond acceptors (Lipinski definition) is 9. The fourth-order valence-electron chi connectivity index (χ4n) is 9.07. The van der Waals surface area contributed by atoms with Crippen molar-refractivity contribution in [2.24, 2.45) is 17.8 Å². The second-order valence-corrected chi connectivity index (χ2v) is 18.3. The predicted octanol–water partition coefficient (Wildman–Crippen LogP) is 12.4. The number of aliphatic hydroxyl groups is 1. The molecule has 0 amide bonds. The molecule has 0 heterocycles. The van der Waals surface area contributed by atoms with Gasteiger partial charge in [0.2, 0.25) is 0 Å². The lowest BCUT2D eigenvalue weighted by Crippen LogP contribution is -2.25. The Balaban J connectivity index is 0.000000226. The number of aromatic hydroxyl groups is 4. The lowest BCUT2D eigenvalue weighted by Gasteiger charge is -2.30. The van der Waals surface area contributed by atoms with Crippen molar-refractivity contribution in [2.75, 3.05) is 0 Å². The summed E-state index contributed by atoms with van der Waals surface area (Å²) in [5.74, 6) is -0.426. The number of ether oxygens (including phenoxy) is 2. The van der Waals surface area contributed by atoms with E-state index >= 15 is 0 Å². The van der Waals surface area contributed by atoms with E-state index in [4.69, 9.17) is 9.47 Å². The maximum Gasteiger partial charge on any atom is 0.342 e. The summed E-state index contributed by atoms with van der Waals surface area (Å²) in [5.41, 5.74) is 4.55. The first-order valence-corrected chi connectivity index (χ1v) is 22.9. The van der Waals surface area contributed by atoms with Crippen LogP contribution in [0, 0.1) is 17.8 Å². The highest BCUT2D eigenvalue weighted by Crippen LogP contribution is 2.47. The highest BCUT2D eigenvalue weighted by molar-refractivity contribution is 5.98. The van der Waals surface area contributed by atoms with Crippen LogP contribution < -0.4 is 0 Å². The topological polar surface area (TPSA) is 154 Å². The van der Waals surface area contributed by atoms with Crippen LogP contribution in [-0.4, -0.2) is 55.3 Å². The van der Waals surface area contributed by atoms with Crippen LogP contribution in [0.2, 0.25) is 0 Å². The highest BCUT2D eigenvalue weighted by atomic mass is 16.5. The SMILES string of the molecule is C=C(C)[C@@H]1CCC(C)C=C1c1c(O)cc(CCC)c(C(=O)OC2CCCCC2)c1O.C=C(C)[C@H]1C=CC(C)(O)CC1.CCCc1cc(O)cc(O)c1C(=O)OC1CCCCC1. The van der Waals surface area contributed by atoms with Crippen molar-refractivity contribution in [1.29, 1.82) is 0 Å². The van der Waals surface area contributed by atoms with Crippen LogP contribution in [0.25, 0.3) is 5.57 Å². The minimum absolute atomic E-state index is 0.0248. The van der Waals surface area contributed by atoms with E-state index in [-0.39, 0.29) is 52.3 Å². The summed E-state index contributed by atoms with van der Waals surface area (Å²) < 4.78 is 11.3. The molecular weight excluding hydrogens is 769 g/mol. The monoisotopic (exact) mass is 843 g/mol. The molecule has 0 bridgehead atoms. The molecule has 2 fully saturated rings. The van der Waals surface area contributed by atoms with Gasteiger partial charge < -0.3 is 35.0 Å². The molecule has 0 saturated heterocycles. The lowest BCUT2D eigenvalue weighted by molar-refractivity contribution is 0.0197.